The van der Waals surface area contributed by atoms with E-state index < -0.39 is 0 Å². The number of nitrogens with one attached hydrogen (secondary N) is 2. The van der Waals surface area contributed by atoms with Crippen LogP contribution >= 0.6 is 12.4 Å². The number of amides is 2. The number of halogens is 1. The van der Waals surface area contributed by atoms with E-state index in [1.165, 1.54) is 0 Å². The lowest BCUT2D eigenvalue weighted by Gasteiger charge is -2.32. The zero-order valence-electron chi connectivity index (χ0n) is 21.3. The number of aromatic amines is 1. The van der Waals surface area contributed by atoms with Crippen molar-refractivity contribution in [3.63, 3.8) is 0 Å². The highest BCUT2D eigenvalue weighted by atomic mass is 35.5. The molecule has 0 saturated carbocycles. The number of aromatic nitrogens is 4. The third kappa shape index (κ3) is 6.30. The van der Waals surface area contributed by atoms with Crippen molar-refractivity contribution in [2.24, 2.45) is 0 Å². The topological polar surface area (TPSA) is 99.1 Å². The average molecular weight is 534 g/mol. The highest BCUT2D eigenvalue weighted by Gasteiger charge is 2.20. The maximum atomic E-state index is 13.4. The van der Waals surface area contributed by atoms with E-state index in [1.54, 1.807) is 18.5 Å². The van der Waals surface area contributed by atoms with Crippen molar-refractivity contribution in [1.82, 2.24) is 29.5 Å². The van der Waals surface area contributed by atoms with Gasteiger partial charge in [-0.25, -0.2) is 4.98 Å². The molecular formula is C28H32ClN7O2. The van der Waals surface area contributed by atoms with Crippen LogP contribution in [-0.4, -0.2) is 74.6 Å². The first-order valence-corrected chi connectivity index (χ1v) is 12.6. The monoisotopic (exact) mass is 533 g/mol. The number of benzene rings is 2. The van der Waals surface area contributed by atoms with E-state index in [2.05, 4.69) is 27.5 Å². The van der Waals surface area contributed by atoms with Crippen molar-refractivity contribution in [2.75, 3.05) is 38.5 Å². The maximum Gasteiger partial charge on any atom is 0.258 e. The standard InChI is InChI=1S/C28H31N7O2.ClH/c1-33-14-16-34(17-15-33)26(36)13-7-8-22-20-35(23-9-3-2-4-10-23)28(31-22)32-27(37)25-12-6-5-11-24(25)21-18-29-30-19-21;/h2-6,9-12,18-20H,7-8,13-17H2,1H3,(H,29,30)(H,31,32,37);1H. The van der Waals surface area contributed by atoms with Gasteiger partial charge in [-0.3, -0.25) is 24.6 Å². The quantitative estimate of drug-likeness (QED) is 0.356. The first-order chi connectivity index (χ1) is 18.1. The second-order valence-corrected chi connectivity index (χ2v) is 9.29. The number of carbonyl (C=O) groups is 2. The molecule has 2 aromatic carbocycles. The van der Waals surface area contributed by atoms with Crippen LogP contribution in [0.2, 0.25) is 0 Å². The summed E-state index contributed by atoms with van der Waals surface area (Å²) in [6, 6.07) is 17.2. The molecule has 3 heterocycles. The minimum Gasteiger partial charge on any atom is -0.340 e. The molecule has 0 aliphatic carbocycles. The number of rotatable bonds is 8. The summed E-state index contributed by atoms with van der Waals surface area (Å²) in [4.78, 5) is 34.9. The van der Waals surface area contributed by atoms with Crippen molar-refractivity contribution in [1.29, 1.82) is 0 Å². The molecule has 0 bridgehead atoms. The number of carbonyl (C=O) groups excluding carboxylic acids is 2. The lowest BCUT2D eigenvalue weighted by molar-refractivity contribution is -0.132. The highest BCUT2D eigenvalue weighted by Crippen LogP contribution is 2.24. The summed E-state index contributed by atoms with van der Waals surface area (Å²) in [6.07, 6.45) is 7.23. The van der Waals surface area contributed by atoms with Crippen LogP contribution in [0.15, 0.2) is 73.2 Å². The molecule has 0 radical (unpaired) electrons. The number of likely N-dealkylation sites (N-methyl/N-ethyl adjacent to an activating group) is 1. The summed E-state index contributed by atoms with van der Waals surface area (Å²) >= 11 is 0. The lowest BCUT2D eigenvalue weighted by atomic mass is 10.0. The molecule has 0 atom stereocenters. The van der Waals surface area contributed by atoms with Crippen molar-refractivity contribution in [2.45, 2.75) is 19.3 Å². The third-order valence-electron chi connectivity index (χ3n) is 6.68. The Kier molecular flexibility index (Phi) is 8.93. The fraction of sp³-hybridized carbons (Fsp3) is 0.286. The van der Waals surface area contributed by atoms with Crippen molar-refractivity contribution in [3.8, 4) is 16.8 Å². The molecule has 10 heteroatoms. The fourth-order valence-corrected chi connectivity index (χ4v) is 4.56. The Morgan fingerprint density at radius 2 is 1.74 bits per heavy atom. The first kappa shape index (κ1) is 27.1. The van der Waals surface area contributed by atoms with E-state index in [0.29, 0.717) is 30.8 Å². The Morgan fingerprint density at radius 1 is 1.00 bits per heavy atom. The van der Waals surface area contributed by atoms with Crippen molar-refractivity contribution >= 4 is 30.2 Å². The summed E-state index contributed by atoms with van der Waals surface area (Å²) in [6.45, 7) is 3.41. The van der Waals surface area contributed by atoms with Crippen LogP contribution in [0.5, 0.6) is 0 Å². The van der Waals surface area contributed by atoms with Gasteiger partial charge in [-0.05, 0) is 43.7 Å². The number of anilines is 1. The number of imidazole rings is 1. The Hall–Kier alpha value is -3.95. The summed E-state index contributed by atoms with van der Waals surface area (Å²) in [5.41, 5.74) is 3.88. The SMILES string of the molecule is CN1CCN(C(=O)CCCc2cn(-c3ccccc3)c(NC(=O)c3ccccc3-c3cn[nH]c3)n2)CC1.Cl. The van der Waals surface area contributed by atoms with Crippen LogP contribution in [0.3, 0.4) is 0 Å². The van der Waals surface area contributed by atoms with Gasteiger partial charge in [0.05, 0.1) is 11.9 Å². The molecule has 1 aliphatic heterocycles. The number of hydrogen-bond donors (Lipinski definition) is 2. The summed E-state index contributed by atoms with van der Waals surface area (Å²) in [7, 11) is 2.08. The zero-order chi connectivity index (χ0) is 25.6. The molecule has 38 heavy (non-hydrogen) atoms. The van der Waals surface area contributed by atoms with Crippen LogP contribution in [0.25, 0.3) is 16.8 Å². The van der Waals surface area contributed by atoms with E-state index in [4.69, 9.17) is 4.98 Å². The molecule has 1 aliphatic rings. The predicted octanol–water partition coefficient (Wildman–Crippen LogP) is 4.03. The summed E-state index contributed by atoms with van der Waals surface area (Å²) in [5.74, 6) is 0.384. The van der Waals surface area contributed by atoms with E-state index in [0.717, 1.165) is 48.7 Å². The molecule has 0 spiro atoms. The number of hydrogen-bond acceptors (Lipinski definition) is 5. The van der Waals surface area contributed by atoms with E-state index in [1.807, 2.05) is 64.2 Å². The minimum atomic E-state index is -0.253. The Bertz CT molecular complexity index is 1350. The number of para-hydroxylation sites is 1. The summed E-state index contributed by atoms with van der Waals surface area (Å²) in [5, 5.41) is 9.82. The second kappa shape index (κ2) is 12.5. The molecule has 9 nitrogen and oxygen atoms in total. The molecule has 1 fully saturated rings. The normalized spacial score (nSPS) is 13.7. The van der Waals surface area contributed by atoms with Gasteiger partial charge in [0.25, 0.3) is 5.91 Å². The molecule has 4 aromatic rings. The van der Waals surface area contributed by atoms with Gasteiger partial charge in [-0.15, -0.1) is 12.4 Å². The number of piperazine rings is 1. The maximum absolute atomic E-state index is 13.4. The van der Waals surface area contributed by atoms with E-state index in [-0.39, 0.29) is 24.2 Å². The molecular weight excluding hydrogens is 502 g/mol. The van der Waals surface area contributed by atoms with Crippen LogP contribution in [-0.2, 0) is 11.2 Å². The van der Waals surface area contributed by atoms with Gasteiger partial charge < -0.3 is 9.80 Å². The van der Waals surface area contributed by atoms with Crippen LogP contribution < -0.4 is 5.32 Å². The minimum absolute atomic E-state index is 0. The second-order valence-electron chi connectivity index (χ2n) is 9.29. The lowest BCUT2D eigenvalue weighted by Crippen LogP contribution is -2.47. The Labute approximate surface area is 228 Å². The number of aryl methyl sites for hydroxylation is 1. The Morgan fingerprint density at radius 3 is 2.47 bits per heavy atom. The fourth-order valence-electron chi connectivity index (χ4n) is 4.56. The smallest absolute Gasteiger partial charge is 0.258 e. The first-order valence-electron chi connectivity index (χ1n) is 12.6. The summed E-state index contributed by atoms with van der Waals surface area (Å²) < 4.78 is 1.88. The molecule has 0 unspecified atom stereocenters. The van der Waals surface area contributed by atoms with Gasteiger partial charge in [0.1, 0.15) is 0 Å². The Balaban J connectivity index is 0.00000336. The average Bonchev–Trinajstić information content (AvgIpc) is 3.60. The van der Waals surface area contributed by atoms with E-state index in [9.17, 15) is 9.59 Å². The molecule has 2 amide bonds. The van der Waals surface area contributed by atoms with Crippen LogP contribution in [0.1, 0.15) is 28.9 Å². The van der Waals surface area contributed by atoms with Crippen molar-refractivity contribution < 1.29 is 9.59 Å². The van der Waals surface area contributed by atoms with Crippen LogP contribution in [0.4, 0.5) is 5.95 Å². The number of H-pyrrole nitrogens is 1. The van der Waals surface area contributed by atoms with E-state index >= 15 is 0 Å². The third-order valence-corrected chi connectivity index (χ3v) is 6.68. The largest absolute Gasteiger partial charge is 0.340 e. The molecule has 198 valence electrons. The highest BCUT2D eigenvalue weighted by molar-refractivity contribution is 6.08. The number of nitrogens with zero attached hydrogens (tertiary/aromatic N) is 5. The predicted molar refractivity (Wildman–Crippen MR) is 150 cm³/mol. The molecule has 2 aromatic heterocycles. The van der Waals surface area contributed by atoms with Gasteiger partial charge in [0.15, 0.2) is 0 Å². The van der Waals surface area contributed by atoms with Crippen molar-refractivity contribution in [3.05, 3.63) is 84.4 Å². The molecule has 1 saturated heterocycles. The molecule has 5 rings (SSSR count). The van der Waals surface area contributed by atoms with Gasteiger partial charge in [0.2, 0.25) is 11.9 Å². The van der Waals surface area contributed by atoms with Crippen LogP contribution in [0, 0.1) is 0 Å². The van der Waals surface area contributed by atoms with Gasteiger partial charge in [-0.2, -0.15) is 5.10 Å². The van der Waals surface area contributed by atoms with Gasteiger partial charge in [-0.1, -0.05) is 36.4 Å². The zero-order valence-corrected chi connectivity index (χ0v) is 22.2. The molecule has 2 N–H and O–H groups in total. The van der Waals surface area contributed by atoms with Gasteiger partial charge >= 0.3 is 0 Å². The van der Waals surface area contributed by atoms with Gasteiger partial charge in [0, 0.05) is 61.8 Å².